The minimum atomic E-state index is 0.710. The first kappa shape index (κ1) is 14.6. The van der Waals surface area contributed by atoms with Gasteiger partial charge < -0.3 is 14.6 Å². The summed E-state index contributed by atoms with van der Waals surface area (Å²) < 4.78 is 7.73. The van der Waals surface area contributed by atoms with Crippen LogP contribution in [0.1, 0.15) is 25.3 Å². The first-order chi connectivity index (χ1) is 9.90. The molecule has 2 aromatic rings. The van der Waals surface area contributed by atoms with Crippen LogP contribution in [0.3, 0.4) is 0 Å². The number of aromatic nitrogens is 2. The summed E-state index contributed by atoms with van der Waals surface area (Å²) in [7, 11) is 0. The molecule has 1 N–H and O–H groups in total. The highest BCUT2D eigenvalue weighted by Gasteiger charge is 2.01. The van der Waals surface area contributed by atoms with Gasteiger partial charge in [0.25, 0.3) is 0 Å². The molecule has 0 bridgehead atoms. The van der Waals surface area contributed by atoms with Crippen molar-refractivity contribution in [2.45, 2.75) is 32.9 Å². The number of hydrogen-bond donors (Lipinski definition) is 1. The van der Waals surface area contributed by atoms with E-state index >= 15 is 0 Å². The maximum atomic E-state index is 5.61. The van der Waals surface area contributed by atoms with E-state index in [1.807, 2.05) is 37.8 Å². The van der Waals surface area contributed by atoms with Crippen molar-refractivity contribution in [3.63, 3.8) is 0 Å². The summed E-state index contributed by atoms with van der Waals surface area (Å²) in [5.41, 5.74) is 1.23. The molecule has 0 amide bonds. The molecule has 108 valence electrons. The number of benzene rings is 1. The molecule has 4 nitrogen and oxygen atoms in total. The van der Waals surface area contributed by atoms with Crippen molar-refractivity contribution in [3.05, 3.63) is 48.5 Å². The zero-order valence-corrected chi connectivity index (χ0v) is 12.1. The minimum Gasteiger partial charge on any atom is -0.494 e. The highest BCUT2D eigenvalue weighted by molar-refractivity contribution is 5.33. The minimum absolute atomic E-state index is 0.710. The van der Waals surface area contributed by atoms with Gasteiger partial charge in [-0.2, -0.15) is 0 Å². The number of unbranched alkanes of at least 4 members (excludes halogenated alkanes) is 1. The molecule has 0 radical (unpaired) electrons. The number of rotatable bonds is 9. The predicted molar refractivity (Wildman–Crippen MR) is 80.8 cm³/mol. The Morgan fingerprint density at radius 3 is 2.95 bits per heavy atom. The van der Waals surface area contributed by atoms with Gasteiger partial charge in [0.1, 0.15) is 5.75 Å². The fourth-order valence-electron chi connectivity index (χ4n) is 2.13. The van der Waals surface area contributed by atoms with Gasteiger partial charge in [0.2, 0.25) is 0 Å². The molecule has 0 aliphatic heterocycles. The van der Waals surface area contributed by atoms with Gasteiger partial charge in [0.15, 0.2) is 0 Å². The lowest BCUT2D eigenvalue weighted by Gasteiger charge is -2.10. The van der Waals surface area contributed by atoms with Gasteiger partial charge in [0.05, 0.1) is 12.9 Å². The quantitative estimate of drug-likeness (QED) is 0.714. The standard InChI is InChI=1S/C16H23N3O/c1-2-20-16-8-4-3-7-15(16)13-17-9-5-6-11-19-12-10-18-14-19/h3-4,7-8,10,12,14,17H,2,5-6,9,11,13H2,1H3. The molecule has 0 fully saturated rings. The molecule has 0 saturated heterocycles. The fourth-order valence-corrected chi connectivity index (χ4v) is 2.13. The molecule has 0 aliphatic carbocycles. The second kappa shape index (κ2) is 8.38. The molecule has 1 aromatic heterocycles. The Bertz CT molecular complexity index is 482. The van der Waals surface area contributed by atoms with Crippen molar-refractivity contribution < 1.29 is 4.74 Å². The average Bonchev–Trinajstić information content (AvgIpc) is 2.98. The molecular formula is C16H23N3O. The molecule has 4 heteroatoms. The molecule has 0 saturated carbocycles. The van der Waals surface area contributed by atoms with Gasteiger partial charge in [-0.05, 0) is 32.4 Å². The predicted octanol–water partition coefficient (Wildman–Crippen LogP) is 2.85. The molecule has 2 rings (SSSR count). The zero-order chi connectivity index (χ0) is 14.0. The van der Waals surface area contributed by atoms with Gasteiger partial charge >= 0.3 is 0 Å². The monoisotopic (exact) mass is 273 g/mol. The Hall–Kier alpha value is -1.81. The Balaban J connectivity index is 1.63. The van der Waals surface area contributed by atoms with Crippen LogP contribution in [-0.2, 0) is 13.1 Å². The van der Waals surface area contributed by atoms with E-state index in [2.05, 4.69) is 27.0 Å². The van der Waals surface area contributed by atoms with Crippen LogP contribution in [0.15, 0.2) is 43.0 Å². The van der Waals surface area contributed by atoms with Gasteiger partial charge in [-0.15, -0.1) is 0 Å². The van der Waals surface area contributed by atoms with E-state index in [0.29, 0.717) is 6.61 Å². The van der Waals surface area contributed by atoms with E-state index in [4.69, 9.17) is 4.74 Å². The number of nitrogens with zero attached hydrogens (tertiary/aromatic N) is 2. The van der Waals surface area contributed by atoms with E-state index in [1.54, 1.807) is 0 Å². The first-order valence-electron chi connectivity index (χ1n) is 7.27. The maximum Gasteiger partial charge on any atom is 0.123 e. The van der Waals surface area contributed by atoms with Crippen LogP contribution in [0, 0.1) is 0 Å². The van der Waals surface area contributed by atoms with Gasteiger partial charge in [-0.3, -0.25) is 0 Å². The smallest absolute Gasteiger partial charge is 0.123 e. The molecule has 0 spiro atoms. The Morgan fingerprint density at radius 1 is 1.25 bits per heavy atom. The van der Waals surface area contributed by atoms with E-state index < -0.39 is 0 Å². The number of nitrogens with one attached hydrogen (secondary N) is 1. The third-order valence-corrected chi connectivity index (χ3v) is 3.17. The summed E-state index contributed by atoms with van der Waals surface area (Å²) in [6, 6.07) is 8.21. The first-order valence-corrected chi connectivity index (χ1v) is 7.27. The summed E-state index contributed by atoms with van der Waals surface area (Å²) in [6.07, 6.45) is 8.02. The van der Waals surface area contributed by atoms with Crippen LogP contribution >= 0.6 is 0 Å². The molecule has 0 unspecified atom stereocenters. The third-order valence-electron chi connectivity index (χ3n) is 3.17. The summed E-state index contributed by atoms with van der Waals surface area (Å²) in [5.74, 6) is 0.987. The molecule has 0 atom stereocenters. The van der Waals surface area contributed by atoms with Crippen molar-refractivity contribution in [1.82, 2.24) is 14.9 Å². The Morgan fingerprint density at radius 2 is 2.15 bits per heavy atom. The third kappa shape index (κ3) is 4.70. The van der Waals surface area contributed by atoms with Crippen LogP contribution in [0.4, 0.5) is 0 Å². The highest BCUT2D eigenvalue weighted by Crippen LogP contribution is 2.17. The molecule has 1 heterocycles. The number of aryl methyl sites for hydroxylation is 1. The van der Waals surface area contributed by atoms with Crippen molar-refractivity contribution in [2.24, 2.45) is 0 Å². The van der Waals surface area contributed by atoms with Crippen LogP contribution in [0.2, 0.25) is 0 Å². The molecule has 20 heavy (non-hydrogen) atoms. The summed E-state index contributed by atoms with van der Waals surface area (Å²) in [4.78, 5) is 4.04. The van der Waals surface area contributed by atoms with E-state index in [9.17, 15) is 0 Å². The highest BCUT2D eigenvalue weighted by atomic mass is 16.5. The fraction of sp³-hybridized carbons (Fsp3) is 0.438. The number of ether oxygens (including phenoxy) is 1. The van der Waals surface area contributed by atoms with Crippen molar-refractivity contribution in [3.8, 4) is 5.75 Å². The number of para-hydroxylation sites is 1. The second-order valence-electron chi connectivity index (χ2n) is 4.73. The lowest BCUT2D eigenvalue weighted by atomic mass is 10.2. The van der Waals surface area contributed by atoms with Gasteiger partial charge in [-0.1, -0.05) is 18.2 Å². The maximum absolute atomic E-state index is 5.61. The van der Waals surface area contributed by atoms with Crippen molar-refractivity contribution in [1.29, 1.82) is 0 Å². The lowest BCUT2D eigenvalue weighted by Crippen LogP contribution is -2.16. The van der Waals surface area contributed by atoms with Crippen LogP contribution < -0.4 is 10.1 Å². The van der Waals surface area contributed by atoms with Crippen molar-refractivity contribution >= 4 is 0 Å². The van der Waals surface area contributed by atoms with Crippen LogP contribution in [-0.4, -0.2) is 22.7 Å². The van der Waals surface area contributed by atoms with Gasteiger partial charge in [-0.25, -0.2) is 4.98 Å². The number of imidazole rings is 1. The van der Waals surface area contributed by atoms with Crippen molar-refractivity contribution in [2.75, 3.05) is 13.2 Å². The van der Waals surface area contributed by atoms with E-state index in [-0.39, 0.29) is 0 Å². The SMILES string of the molecule is CCOc1ccccc1CNCCCCn1ccnc1. The summed E-state index contributed by atoms with van der Waals surface area (Å²) in [6.45, 7) is 5.65. The Labute approximate surface area is 120 Å². The second-order valence-corrected chi connectivity index (χ2v) is 4.73. The molecule has 1 aromatic carbocycles. The zero-order valence-electron chi connectivity index (χ0n) is 12.1. The normalized spacial score (nSPS) is 10.7. The number of hydrogen-bond acceptors (Lipinski definition) is 3. The van der Waals surface area contributed by atoms with E-state index in [1.165, 1.54) is 5.56 Å². The van der Waals surface area contributed by atoms with Crippen LogP contribution in [0.5, 0.6) is 5.75 Å². The van der Waals surface area contributed by atoms with Crippen LogP contribution in [0.25, 0.3) is 0 Å². The topological polar surface area (TPSA) is 39.1 Å². The lowest BCUT2D eigenvalue weighted by molar-refractivity contribution is 0.335. The average molecular weight is 273 g/mol. The largest absolute Gasteiger partial charge is 0.494 e. The van der Waals surface area contributed by atoms with E-state index in [0.717, 1.165) is 38.2 Å². The summed E-state index contributed by atoms with van der Waals surface area (Å²) in [5, 5.41) is 3.48. The Kier molecular flexibility index (Phi) is 6.11. The van der Waals surface area contributed by atoms with Gasteiger partial charge in [0, 0.05) is 31.0 Å². The summed E-state index contributed by atoms with van der Waals surface area (Å²) >= 11 is 0. The molecular weight excluding hydrogens is 250 g/mol. The molecule has 0 aliphatic rings.